The fraction of sp³-hybridized carbons (Fsp3) is 0.0833. The first-order chi connectivity index (χ1) is 8.97. The second-order valence-electron chi connectivity index (χ2n) is 3.85. The number of nitrogens with two attached hydrogens (primary N) is 1. The molecule has 0 bridgehead atoms. The number of nitrogens with one attached hydrogen (secondary N) is 1. The van der Waals surface area contributed by atoms with Gasteiger partial charge in [0.15, 0.2) is 0 Å². The zero-order chi connectivity index (χ0) is 14.0. The van der Waals surface area contributed by atoms with Gasteiger partial charge in [0.25, 0.3) is 5.91 Å². The van der Waals surface area contributed by atoms with E-state index in [2.05, 4.69) is 47.1 Å². The molecule has 0 radical (unpaired) electrons. The molecule has 0 aliphatic rings. The van der Waals surface area contributed by atoms with Crippen LogP contribution >= 0.6 is 31.9 Å². The molecule has 1 heterocycles. The number of anilines is 2. The zero-order valence-corrected chi connectivity index (χ0v) is 13.1. The minimum Gasteiger partial charge on any atom is -0.397 e. The molecule has 98 valence electrons. The third kappa shape index (κ3) is 3.30. The van der Waals surface area contributed by atoms with Crippen molar-refractivity contribution in [2.45, 2.75) is 6.92 Å². The Kier molecular flexibility index (Phi) is 4.16. The van der Waals surface area contributed by atoms with Gasteiger partial charge < -0.3 is 11.1 Å². The van der Waals surface area contributed by atoms with Crippen molar-refractivity contribution in [2.24, 2.45) is 0 Å². The number of aromatic nitrogens is 2. The summed E-state index contributed by atoms with van der Waals surface area (Å²) in [5.41, 5.74) is 7.81. The molecule has 0 unspecified atom stereocenters. The van der Waals surface area contributed by atoms with Gasteiger partial charge >= 0.3 is 0 Å². The van der Waals surface area contributed by atoms with E-state index in [0.29, 0.717) is 15.8 Å². The highest BCUT2D eigenvalue weighted by Gasteiger charge is 2.13. The third-order valence-electron chi connectivity index (χ3n) is 2.34. The maximum Gasteiger partial charge on any atom is 0.275 e. The lowest BCUT2D eigenvalue weighted by molar-refractivity contribution is 0.102. The van der Waals surface area contributed by atoms with Crippen molar-refractivity contribution in [1.82, 2.24) is 9.97 Å². The number of amides is 1. The van der Waals surface area contributed by atoms with Gasteiger partial charge in [-0.3, -0.25) is 9.78 Å². The quantitative estimate of drug-likeness (QED) is 0.778. The van der Waals surface area contributed by atoms with Crippen LogP contribution in [-0.4, -0.2) is 15.9 Å². The number of rotatable bonds is 2. The Balaban J connectivity index is 2.26. The maximum absolute atomic E-state index is 12.0. The van der Waals surface area contributed by atoms with E-state index in [9.17, 15) is 4.79 Å². The van der Waals surface area contributed by atoms with E-state index in [1.54, 1.807) is 19.1 Å². The van der Waals surface area contributed by atoms with Crippen LogP contribution in [0.1, 0.15) is 16.2 Å². The van der Waals surface area contributed by atoms with Crippen LogP contribution in [0.4, 0.5) is 11.4 Å². The largest absolute Gasteiger partial charge is 0.397 e. The van der Waals surface area contributed by atoms with E-state index in [1.165, 1.54) is 12.4 Å². The molecule has 2 rings (SSSR count). The molecule has 5 nitrogen and oxygen atoms in total. The lowest BCUT2D eigenvalue weighted by Crippen LogP contribution is -2.15. The third-order valence-corrected chi connectivity index (χ3v) is 3.42. The number of nitrogens with zero attached hydrogens (tertiary/aromatic N) is 2. The highest BCUT2D eigenvalue weighted by atomic mass is 79.9. The second kappa shape index (κ2) is 5.66. The van der Waals surface area contributed by atoms with Crippen LogP contribution in [0.25, 0.3) is 0 Å². The molecule has 2 aromatic rings. The van der Waals surface area contributed by atoms with Crippen LogP contribution in [0.2, 0.25) is 0 Å². The van der Waals surface area contributed by atoms with Crippen molar-refractivity contribution >= 4 is 49.1 Å². The Labute approximate surface area is 126 Å². The van der Waals surface area contributed by atoms with Gasteiger partial charge in [-0.2, -0.15) is 0 Å². The summed E-state index contributed by atoms with van der Waals surface area (Å²) in [7, 11) is 0. The lowest BCUT2D eigenvalue weighted by Gasteiger charge is -2.10. The van der Waals surface area contributed by atoms with Gasteiger partial charge in [0.05, 0.1) is 23.3 Å². The van der Waals surface area contributed by atoms with E-state index in [0.717, 1.165) is 10.2 Å². The normalized spacial score (nSPS) is 10.3. The van der Waals surface area contributed by atoms with E-state index in [4.69, 9.17) is 5.73 Å². The van der Waals surface area contributed by atoms with Crippen LogP contribution < -0.4 is 11.1 Å². The number of benzene rings is 1. The SMILES string of the molecule is Cc1cnc(C(=O)Nc2c(N)cc(Br)cc2Br)cn1. The molecule has 0 spiro atoms. The van der Waals surface area contributed by atoms with Gasteiger partial charge in [0.1, 0.15) is 5.69 Å². The second-order valence-corrected chi connectivity index (χ2v) is 5.62. The Bertz CT molecular complexity index is 605. The Morgan fingerprint density at radius 1 is 1.26 bits per heavy atom. The smallest absolute Gasteiger partial charge is 0.275 e. The van der Waals surface area contributed by atoms with Gasteiger partial charge in [0.2, 0.25) is 0 Å². The first-order valence-electron chi connectivity index (χ1n) is 5.32. The molecule has 1 aromatic carbocycles. The van der Waals surface area contributed by atoms with Gasteiger partial charge in [-0.25, -0.2) is 4.98 Å². The molecular weight excluding hydrogens is 376 g/mol. The van der Waals surface area contributed by atoms with Crippen molar-refractivity contribution in [2.75, 3.05) is 11.1 Å². The number of aryl methyl sites for hydroxylation is 1. The number of carbonyl (C=O) groups excluding carboxylic acids is 1. The molecule has 1 aromatic heterocycles. The number of carbonyl (C=O) groups is 1. The minimum absolute atomic E-state index is 0.236. The zero-order valence-electron chi connectivity index (χ0n) is 9.95. The summed E-state index contributed by atoms with van der Waals surface area (Å²) in [6.07, 6.45) is 2.96. The molecule has 0 atom stereocenters. The molecule has 7 heteroatoms. The van der Waals surface area contributed by atoms with Crippen molar-refractivity contribution in [3.05, 3.63) is 44.9 Å². The summed E-state index contributed by atoms with van der Waals surface area (Å²) in [5.74, 6) is -0.359. The molecule has 1 amide bonds. The van der Waals surface area contributed by atoms with Crippen LogP contribution in [0, 0.1) is 6.92 Å². The molecule has 0 aliphatic carbocycles. The predicted octanol–water partition coefficient (Wildman–Crippen LogP) is 3.14. The van der Waals surface area contributed by atoms with Crippen molar-refractivity contribution in [3.63, 3.8) is 0 Å². The monoisotopic (exact) mass is 384 g/mol. The standard InChI is InChI=1S/C12H10Br2N4O/c1-6-4-17-10(5-16-6)12(19)18-11-8(14)2-7(13)3-9(11)15/h2-5H,15H2,1H3,(H,18,19). The first kappa shape index (κ1) is 14.0. The summed E-state index contributed by atoms with van der Waals surface area (Å²) in [6, 6.07) is 3.51. The maximum atomic E-state index is 12.0. The number of hydrogen-bond acceptors (Lipinski definition) is 4. The lowest BCUT2D eigenvalue weighted by atomic mass is 10.2. The predicted molar refractivity (Wildman–Crippen MR) is 81.0 cm³/mol. The van der Waals surface area contributed by atoms with Crippen molar-refractivity contribution < 1.29 is 4.79 Å². The minimum atomic E-state index is -0.359. The van der Waals surface area contributed by atoms with E-state index in [1.807, 2.05) is 0 Å². The van der Waals surface area contributed by atoms with E-state index >= 15 is 0 Å². The number of hydrogen-bond donors (Lipinski definition) is 2. The van der Waals surface area contributed by atoms with Crippen molar-refractivity contribution in [3.8, 4) is 0 Å². The summed E-state index contributed by atoms with van der Waals surface area (Å²) >= 11 is 6.67. The van der Waals surface area contributed by atoms with Gasteiger partial charge in [-0.1, -0.05) is 15.9 Å². The molecule has 0 saturated carbocycles. The highest BCUT2D eigenvalue weighted by molar-refractivity contribution is 9.11. The van der Waals surface area contributed by atoms with E-state index in [-0.39, 0.29) is 11.6 Å². The molecule has 0 saturated heterocycles. The summed E-state index contributed by atoms with van der Waals surface area (Å²) < 4.78 is 1.51. The highest BCUT2D eigenvalue weighted by Crippen LogP contribution is 2.32. The van der Waals surface area contributed by atoms with Crippen LogP contribution in [-0.2, 0) is 0 Å². The fourth-order valence-electron chi connectivity index (χ4n) is 1.41. The molecule has 0 aliphatic heterocycles. The average Bonchev–Trinajstić information content (AvgIpc) is 2.34. The number of halogens is 2. The van der Waals surface area contributed by atoms with Gasteiger partial charge in [0, 0.05) is 15.1 Å². The van der Waals surface area contributed by atoms with E-state index < -0.39 is 0 Å². The fourth-order valence-corrected chi connectivity index (χ4v) is 2.77. The molecule has 3 N–H and O–H groups in total. The molecule has 0 fully saturated rings. The topological polar surface area (TPSA) is 80.9 Å². The first-order valence-corrected chi connectivity index (χ1v) is 6.90. The van der Waals surface area contributed by atoms with Gasteiger partial charge in [-0.05, 0) is 35.0 Å². The number of nitrogen functional groups attached to an aromatic ring is 1. The summed E-state index contributed by atoms with van der Waals surface area (Å²) in [4.78, 5) is 20.1. The summed E-state index contributed by atoms with van der Waals surface area (Å²) in [6.45, 7) is 1.80. The Morgan fingerprint density at radius 2 is 2.00 bits per heavy atom. The van der Waals surface area contributed by atoms with Crippen LogP contribution in [0.3, 0.4) is 0 Å². The molecule has 19 heavy (non-hydrogen) atoms. The molecular formula is C12H10Br2N4O. The average molecular weight is 386 g/mol. The summed E-state index contributed by atoms with van der Waals surface area (Å²) in [5, 5.41) is 2.71. The van der Waals surface area contributed by atoms with Crippen LogP contribution in [0.5, 0.6) is 0 Å². The Hall–Kier alpha value is -1.47. The Morgan fingerprint density at radius 3 is 2.58 bits per heavy atom. The van der Waals surface area contributed by atoms with Crippen molar-refractivity contribution in [1.29, 1.82) is 0 Å². The van der Waals surface area contributed by atoms with Crippen LogP contribution in [0.15, 0.2) is 33.5 Å². The van der Waals surface area contributed by atoms with Gasteiger partial charge in [-0.15, -0.1) is 0 Å².